The topological polar surface area (TPSA) is 71.2 Å². The molecule has 1 N–H and O–H groups in total. The number of benzene rings is 2. The lowest BCUT2D eigenvalue weighted by Crippen LogP contribution is -2.11. The van der Waals surface area contributed by atoms with Crippen molar-refractivity contribution in [2.45, 2.75) is 29.9 Å². The van der Waals surface area contributed by atoms with Gasteiger partial charge < -0.3 is 10.0 Å². The van der Waals surface area contributed by atoms with E-state index in [4.69, 9.17) is 28.2 Å². The lowest BCUT2D eigenvalue weighted by molar-refractivity contribution is 0.0688. The number of hydrogen-bond acceptors (Lipinski definition) is 6. The van der Waals surface area contributed by atoms with Crippen molar-refractivity contribution in [3.8, 4) is 27.5 Å². The minimum absolute atomic E-state index is 0.100. The maximum absolute atomic E-state index is 12.5. The molecule has 2 aromatic heterocycles. The van der Waals surface area contributed by atoms with Crippen LogP contribution in [0.2, 0.25) is 10.0 Å². The molecule has 1 aliphatic rings. The number of thioether (sulfide) groups is 1. The number of nitrogens with zero attached hydrogens (tertiary/aromatic N) is 4. The van der Waals surface area contributed by atoms with Crippen LogP contribution in [0.3, 0.4) is 0 Å². The van der Waals surface area contributed by atoms with Crippen LogP contribution in [0.1, 0.15) is 39.5 Å². The van der Waals surface area contributed by atoms with Crippen LogP contribution < -0.4 is 0 Å². The van der Waals surface area contributed by atoms with Crippen molar-refractivity contribution >= 4 is 52.3 Å². The predicted molar refractivity (Wildman–Crippen MR) is 143 cm³/mol. The first-order chi connectivity index (χ1) is 16.6. The van der Waals surface area contributed by atoms with E-state index in [2.05, 4.69) is 16.9 Å². The summed E-state index contributed by atoms with van der Waals surface area (Å²) < 4.78 is 2.45. The number of aromatic carboxylic acids is 1. The largest absolute Gasteiger partial charge is 0.476 e. The fraction of sp³-hybridized carbons (Fsp3) is 0.240. The van der Waals surface area contributed by atoms with Gasteiger partial charge in [0.05, 0.1) is 25.6 Å². The van der Waals surface area contributed by atoms with E-state index in [1.54, 1.807) is 11.8 Å². The zero-order valence-electron chi connectivity index (χ0n) is 19.5. The van der Waals surface area contributed by atoms with Crippen molar-refractivity contribution in [2.75, 3.05) is 14.1 Å². The lowest BCUT2D eigenvalue weighted by Gasteiger charge is -2.21. The van der Waals surface area contributed by atoms with E-state index >= 15 is 0 Å². The lowest BCUT2D eigenvalue weighted by atomic mass is 10.0. The van der Waals surface area contributed by atoms with Crippen molar-refractivity contribution in [3.63, 3.8) is 0 Å². The zero-order chi connectivity index (χ0) is 25.0. The maximum atomic E-state index is 12.5. The van der Waals surface area contributed by atoms with Gasteiger partial charge in [0.15, 0.2) is 5.69 Å². The first kappa shape index (κ1) is 24.3. The molecule has 0 fully saturated rings. The standard InChI is InChI=1S/C25H22Cl2N4O2S2/c1-12-20(15-7-5-6-14(8-15)11-30(3)4)22(23(32)33)31(29-12)25-28-21-17-10-19(27)18(26)9-16(17)13(2)34-24(21)35-25/h5-10,13H,11H2,1-4H3,(H,32,33). The molecule has 0 aliphatic carbocycles. The molecule has 35 heavy (non-hydrogen) atoms. The fourth-order valence-corrected chi connectivity index (χ4v) is 7.23. The minimum atomic E-state index is -1.05. The van der Waals surface area contributed by atoms with Crippen LogP contribution in [0.15, 0.2) is 40.6 Å². The summed E-state index contributed by atoms with van der Waals surface area (Å²) in [6.07, 6.45) is 0. The van der Waals surface area contributed by atoms with Crippen molar-refractivity contribution in [3.05, 3.63) is 69.0 Å². The van der Waals surface area contributed by atoms with E-state index < -0.39 is 5.97 Å². The Morgan fingerprint density at radius 3 is 2.66 bits per heavy atom. The maximum Gasteiger partial charge on any atom is 0.355 e. The molecule has 0 spiro atoms. The molecule has 4 aromatic rings. The first-order valence-corrected chi connectivity index (χ1v) is 13.3. The van der Waals surface area contributed by atoms with Crippen LogP contribution in [-0.4, -0.2) is 44.8 Å². The smallest absolute Gasteiger partial charge is 0.355 e. The summed E-state index contributed by atoms with van der Waals surface area (Å²) in [5.74, 6) is -1.05. The third-order valence-corrected chi connectivity index (χ3v) is 8.91. The van der Waals surface area contributed by atoms with Gasteiger partial charge in [0.1, 0.15) is 0 Å². The molecule has 0 saturated heterocycles. The summed E-state index contributed by atoms with van der Waals surface area (Å²) in [6, 6.07) is 11.7. The highest BCUT2D eigenvalue weighted by Gasteiger charge is 2.31. The number of aryl methyl sites for hydroxylation is 1. The summed E-state index contributed by atoms with van der Waals surface area (Å²) in [5, 5.41) is 16.5. The van der Waals surface area contributed by atoms with Gasteiger partial charge in [-0.05, 0) is 62.8 Å². The van der Waals surface area contributed by atoms with Crippen LogP contribution in [0.25, 0.3) is 27.5 Å². The monoisotopic (exact) mass is 544 g/mol. The van der Waals surface area contributed by atoms with Gasteiger partial charge in [-0.15, -0.1) is 11.8 Å². The number of hydrogen-bond donors (Lipinski definition) is 1. The number of carbonyl (C=O) groups is 1. The highest BCUT2D eigenvalue weighted by Crippen LogP contribution is 2.53. The van der Waals surface area contributed by atoms with E-state index in [-0.39, 0.29) is 10.9 Å². The molecule has 0 amide bonds. The van der Waals surface area contributed by atoms with Gasteiger partial charge in [0.25, 0.3) is 0 Å². The number of carboxylic acid groups (broad SMARTS) is 1. The molecule has 3 heterocycles. The molecule has 10 heteroatoms. The number of fused-ring (bicyclic) bond motifs is 3. The van der Waals surface area contributed by atoms with Crippen molar-refractivity contribution in [1.82, 2.24) is 19.7 Å². The van der Waals surface area contributed by atoms with Crippen molar-refractivity contribution in [1.29, 1.82) is 0 Å². The molecule has 0 radical (unpaired) electrons. The van der Waals surface area contributed by atoms with Gasteiger partial charge >= 0.3 is 5.97 Å². The SMILES string of the molecule is Cc1nn(-c2nc3c(s2)SC(C)c2cc(Cl)c(Cl)cc2-3)c(C(=O)O)c1-c1cccc(CN(C)C)c1. The Morgan fingerprint density at radius 1 is 1.20 bits per heavy atom. The second-order valence-corrected chi connectivity index (χ2v) is 12.1. The minimum Gasteiger partial charge on any atom is -0.476 e. The van der Waals surface area contributed by atoms with Crippen LogP contribution in [0, 0.1) is 6.92 Å². The molecular weight excluding hydrogens is 523 g/mol. The Kier molecular flexibility index (Phi) is 6.44. The Labute approximate surface area is 221 Å². The molecule has 6 nitrogen and oxygen atoms in total. The zero-order valence-corrected chi connectivity index (χ0v) is 22.6. The van der Waals surface area contributed by atoms with E-state index in [1.807, 2.05) is 57.4 Å². The van der Waals surface area contributed by atoms with Gasteiger partial charge in [-0.1, -0.05) is 52.7 Å². The highest BCUT2D eigenvalue weighted by atomic mass is 35.5. The summed E-state index contributed by atoms with van der Waals surface area (Å²) in [7, 11) is 4.00. The Balaban J connectivity index is 1.66. The molecule has 1 aliphatic heterocycles. The molecule has 0 saturated carbocycles. The van der Waals surface area contributed by atoms with Crippen molar-refractivity contribution < 1.29 is 9.90 Å². The van der Waals surface area contributed by atoms with E-state index in [0.29, 0.717) is 26.4 Å². The summed E-state index contributed by atoms with van der Waals surface area (Å²) >= 11 is 15.7. The van der Waals surface area contributed by atoms with E-state index in [1.165, 1.54) is 16.0 Å². The average molecular weight is 546 g/mol. The quantitative estimate of drug-likeness (QED) is 0.286. The molecule has 1 atom stereocenters. The Morgan fingerprint density at radius 2 is 1.94 bits per heavy atom. The molecule has 5 rings (SSSR count). The Bertz CT molecular complexity index is 1480. The molecule has 1 unspecified atom stereocenters. The van der Waals surface area contributed by atoms with Crippen molar-refractivity contribution in [2.24, 2.45) is 0 Å². The fourth-order valence-electron chi connectivity index (χ4n) is 4.36. The second kappa shape index (κ2) is 9.26. The van der Waals surface area contributed by atoms with E-state index in [0.717, 1.165) is 38.7 Å². The molecule has 180 valence electrons. The third kappa shape index (κ3) is 4.38. The summed E-state index contributed by atoms with van der Waals surface area (Å²) in [6.45, 7) is 4.69. The van der Waals surface area contributed by atoms with Gasteiger partial charge in [0, 0.05) is 22.9 Å². The molecule has 2 aromatic carbocycles. The number of carboxylic acids is 1. The van der Waals surface area contributed by atoms with Gasteiger partial charge in [-0.2, -0.15) is 9.78 Å². The highest BCUT2D eigenvalue weighted by molar-refractivity contribution is 8.01. The number of halogens is 2. The van der Waals surface area contributed by atoms with Gasteiger partial charge in [0.2, 0.25) is 5.13 Å². The number of rotatable bonds is 5. The van der Waals surface area contributed by atoms with Crippen LogP contribution in [0.5, 0.6) is 0 Å². The predicted octanol–water partition coefficient (Wildman–Crippen LogP) is 7.20. The van der Waals surface area contributed by atoms with Crippen LogP contribution in [-0.2, 0) is 6.54 Å². The van der Waals surface area contributed by atoms with Gasteiger partial charge in [-0.25, -0.2) is 9.78 Å². The second-order valence-electron chi connectivity index (χ2n) is 8.71. The Hall–Kier alpha value is -2.36. The molecule has 0 bridgehead atoms. The normalized spacial score (nSPS) is 14.8. The molecular formula is C25H22Cl2N4O2S2. The number of thiazole rings is 1. The average Bonchev–Trinajstić information content (AvgIpc) is 3.36. The van der Waals surface area contributed by atoms with E-state index in [9.17, 15) is 9.90 Å². The van der Waals surface area contributed by atoms with Gasteiger partial charge in [-0.3, -0.25) is 0 Å². The van der Waals surface area contributed by atoms with Crippen LogP contribution >= 0.6 is 46.3 Å². The third-order valence-electron chi connectivity index (χ3n) is 5.81. The summed E-state index contributed by atoms with van der Waals surface area (Å²) in [4.78, 5) is 19.4. The van der Waals surface area contributed by atoms with Crippen LogP contribution in [0.4, 0.5) is 0 Å². The number of aromatic nitrogens is 3. The first-order valence-electron chi connectivity index (χ1n) is 10.9. The summed E-state index contributed by atoms with van der Waals surface area (Å²) in [5.41, 5.74) is 6.00.